The lowest BCUT2D eigenvalue weighted by atomic mass is 10.1. The van der Waals surface area contributed by atoms with Crippen molar-refractivity contribution in [3.8, 4) is 0 Å². The van der Waals surface area contributed by atoms with E-state index < -0.39 is 0 Å². The van der Waals surface area contributed by atoms with E-state index in [-0.39, 0.29) is 5.78 Å². The predicted octanol–water partition coefficient (Wildman–Crippen LogP) is 3.77. The Kier molecular flexibility index (Phi) is 4.02. The molecular formula is C13H15BrN2OS. The van der Waals surface area contributed by atoms with E-state index in [0.717, 1.165) is 33.5 Å². The van der Waals surface area contributed by atoms with E-state index in [2.05, 4.69) is 21.0 Å². The van der Waals surface area contributed by atoms with Crippen LogP contribution >= 0.6 is 27.3 Å². The Morgan fingerprint density at radius 1 is 1.44 bits per heavy atom. The van der Waals surface area contributed by atoms with Gasteiger partial charge in [-0.1, -0.05) is 0 Å². The lowest BCUT2D eigenvalue weighted by Crippen LogP contribution is -2.10. The Bertz CT molecular complexity index is 586. The SMILES string of the molecule is CCn1nc(C)c(Br)c1CC(=O)c1cscc1C. The highest BCUT2D eigenvalue weighted by Crippen LogP contribution is 2.24. The van der Waals surface area contributed by atoms with Gasteiger partial charge in [0.1, 0.15) is 0 Å². The fourth-order valence-corrected chi connectivity index (χ4v) is 3.21. The highest BCUT2D eigenvalue weighted by molar-refractivity contribution is 9.10. The first-order chi connectivity index (χ1) is 8.54. The van der Waals surface area contributed by atoms with Crippen LogP contribution in [0.15, 0.2) is 15.2 Å². The molecule has 0 amide bonds. The first-order valence-corrected chi connectivity index (χ1v) is 7.56. The van der Waals surface area contributed by atoms with Crippen molar-refractivity contribution in [2.45, 2.75) is 33.7 Å². The van der Waals surface area contributed by atoms with E-state index in [1.54, 1.807) is 11.3 Å². The van der Waals surface area contributed by atoms with Gasteiger partial charge in [-0.3, -0.25) is 9.48 Å². The summed E-state index contributed by atoms with van der Waals surface area (Å²) in [5.41, 5.74) is 3.78. The molecule has 5 heteroatoms. The smallest absolute Gasteiger partial charge is 0.169 e. The van der Waals surface area contributed by atoms with Gasteiger partial charge in [-0.15, -0.1) is 0 Å². The number of aryl methyl sites for hydroxylation is 3. The summed E-state index contributed by atoms with van der Waals surface area (Å²) >= 11 is 5.09. The molecule has 0 N–H and O–H groups in total. The van der Waals surface area contributed by atoms with Crippen molar-refractivity contribution in [3.63, 3.8) is 0 Å². The number of halogens is 1. The molecule has 3 nitrogen and oxygen atoms in total. The number of thiophene rings is 1. The molecule has 0 aliphatic carbocycles. The predicted molar refractivity (Wildman–Crippen MR) is 77.4 cm³/mol. The molecule has 0 aliphatic heterocycles. The topological polar surface area (TPSA) is 34.9 Å². The average molecular weight is 327 g/mol. The van der Waals surface area contributed by atoms with E-state index in [1.807, 2.05) is 36.2 Å². The third kappa shape index (κ3) is 2.42. The van der Waals surface area contributed by atoms with Gasteiger partial charge in [0.15, 0.2) is 5.78 Å². The summed E-state index contributed by atoms with van der Waals surface area (Å²) in [6.07, 6.45) is 0.396. The minimum Gasteiger partial charge on any atom is -0.294 e. The fourth-order valence-electron chi connectivity index (χ4n) is 1.93. The zero-order valence-corrected chi connectivity index (χ0v) is 13.1. The molecule has 0 saturated heterocycles. The highest BCUT2D eigenvalue weighted by atomic mass is 79.9. The van der Waals surface area contributed by atoms with Crippen LogP contribution in [0.25, 0.3) is 0 Å². The van der Waals surface area contributed by atoms with Crippen molar-refractivity contribution in [2.24, 2.45) is 0 Å². The van der Waals surface area contributed by atoms with Crippen LogP contribution in [0.5, 0.6) is 0 Å². The number of hydrogen-bond acceptors (Lipinski definition) is 3. The van der Waals surface area contributed by atoms with Crippen molar-refractivity contribution in [1.82, 2.24) is 9.78 Å². The summed E-state index contributed by atoms with van der Waals surface area (Å²) in [5.74, 6) is 0.157. The molecule has 0 radical (unpaired) electrons. The second-order valence-corrected chi connectivity index (χ2v) is 5.77. The zero-order valence-electron chi connectivity index (χ0n) is 10.7. The molecule has 0 atom stereocenters. The Morgan fingerprint density at radius 3 is 2.72 bits per heavy atom. The van der Waals surface area contributed by atoms with E-state index in [4.69, 9.17) is 0 Å². The first kappa shape index (κ1) is 13.5. The summed E-state index contributed by atoms with van der Waals surface area (Å²) in [5, 5.41) is 8.33. The zero-order chi connectivity index (χ0) is 13.3. The summed E-state index contributed by atoms with van der Waals surface area (Å²) in [4.78, 5) is 12.3. The monoisotopic (exact) mass is 326 g/mol. The number of carbonyl (C=O) groups excluding carboxylic acids is 1. The molecule has 18 heavy (non-hydrogen) atoms. The lowest BCUT2D eigenvalue weighted by Gasteiger charge is -2.05. The molecule has 0 spiro atoms. The first-order valence-electron chi connectivity index (χ1n) is 5.82. The van der Waals surface area contributed by atoms with Crippen LogP contribution in [0, 0.1) is 13.8 Å². The molecule has 0 bridgehead atoms. The van der Waals surface area contributed by atoms with Gasteiger partial charge in [-0.2, -0.15) is 16.4 Å². The summed E-state index contributed by atoms with van der Waals surface area (Å²) < 4.78 is 2.84. The fraction of sp³-hybridized carbons (Fsp3) is 0.385. The quantitative estimate of drug-likeness (QED) is 0.801. The van der Waals surface area contributed by atoms with Crippen LogP contribution in [0.4, 0.5) is 0 Å². The van der Waals surface area contributed by atoms with E-state index >= 15 is 0 Å². The minimum atomic E-state index is 0.157. The molecule has 0 fully saturated rings. The van der Waals surface area contributed by atoms with Crippen LogP contribution in [-0.2, 0) is 13.0 Å². The number of Topliss-reactive ketones (excluding diaryl/α,β-unsaturated/α-hetero) is 1. The van der Waals surface area contributed by atoms with Gasteiger partial charge in [0.05, 0.1) is 22.3 Å². The lowest BCUT2D eigenvalue weighted by molar-refractivity contribution is 0.0990. The average Bonchev–Trinajstić information content (AvgIpc) is 2.87. The van der Waals surface area contributed by atoms with Gasteiger partial charge in [0.2, 0.25) is 0 Å². The number of ketones is 1. The van der Waals surface area contributed by atoms with Gasteiger partial charge in [-0.25, -0.2) is 0 Å². The number of hydrogen-bond donors (Lipinski definition) is 0. The summed E-state index contributed by atoms with van der Waals surface area (Å²) in [6, 6.07) is 0. The third-order valence-electron chi connectivity index (χ3n) is 2.94. The molecular weight excluding hydrogens is 312 g/mol. The van der Waals surface area contributed by atoms with Crippen molar-refractivity contribution in [2.75, 3.05) is 0 Å². The number of aromatic nitrogens is 2. The maximum atomic E-state index is 12.3. The Balaban J connectivity index is 2.30. The van der Waals surface area contributed by atoms with Crippen molar-refractivity contribution < 1.29 is 4.79 Å². The van der Waals surface area contributed by atoms with E-state index in [0.29, 0.717) is 6.42 Å². The van der Waals surface area contributed by atoms with Crippen LogP contribution in [0.1, 0.15) is 34.2 Å². The maximum absolute atomic E-state index is 12.3. The largest absolute Gasteiger partial charge is 0.294 e. The third-order valence-corrected chi connectivity index (χ3v) is 4.83. The van der Waals surface area contributed by atoms with Crippen LogP contribution in [0.2, 0.25) is 0 Å². The van der Waals surface area contributed by atoms with Crippen LogP contribution < -0.4 is 0 Å². The summed E-state index contributed by atoms with van der Waals surface area (Å²) in [6.45, 7) is 6.72. The van der Waals surface area contributed by atoms with Crippen molar-refractivity contribution in [1.29, 1.82) is 0 Å². The van der Waals surface area contributed by atoms with E-state index in [1.165, 1.54) is 0 Å². The number of carbonyl (C=O) groups is 1. The minimum absolute atomic E-state index is 0.157. The van der Waals surface area contributed by atoms with Crippen molar-refractivity contribution in [3.05, 3.63) is 37.7 Å². The molecule has 2 aromatic heterocycles. The molecule has 2 rings (SSSR count). The summed E-state index contributed by atoms with van der Waals surface area (Å²) in [7, 11) is 0. The Hall–Kier alpha value is -0.940. The molecule has 0 aliphatic rings. The molecule has 0 saturated carbocycles. The van der Waals surface area contributed by atoms with Gasteiger partial charge >= 0.3 is 0 Å². The molecule has 2 aromatic rings. The van der Waals surface area contributed by atoms with Gasteiger partial charge in [0.25, 0.3) is 0 Å². The molecule has 0 unspecified atom stereocenters. The van der Waals surface area contributed by atoms with E-state index in [9.17, 15) is 4.79 Å². The standard InChI is InChI=1S/C13H15BrN2OS/c1-4-16-11(13(14)9(3)15-16)5-12(17)10-7-18-6-8(10)2/h6-7H,4-5H2,1-3H3. The molecule has 0 aromatic carbocycles. The van der Waals surface area contributed by atoms with Gasteiger partial charge in [-0.05, 0) is 47.6 Å². The van der Waals surface area contributed by atoms with Crippen LogP contribution in [-0.4, -0.2) is 15.6 Å². The van der Waals surface area contributed by atoms with Crippen LogP contribution in [0.3, 0.4) is 0 Å². The number of nitrogens with zero attached hydrogens (tertiary/aromatic N) is 2. The Labute approximate surface area is 119 Å². The van der Waals surface area contributed by atoms with Gasteiger partial charge in [0, 0.05) is 17.5 Å². The number of rotatable bonds is 4. The van der Waals surface area contributed by atoms with Crippen molar-refractivity contribution >= 4 is 33.0 Å². The highest BCUT2D eigenvalue weighted by Gasteiger charge is 2.18. The maximum Gasteiger partial charge on any atom is 0.169 e. The molecule has 96 valence electrons. The normalized spacial score (nSPS) is 10.9. The second kappa shape index (κ2) is 5.36. The Morgan fingerprint density at radius 2 is 2.17 bits per heavy atom. The van der Waals surface area contributed by atoms with Gasteiger partial charge < -0.3 is 0 Å². The second-order valence-electron chi connectivity index (χ2n) is 4.23. The molecule has 2 heterocycles.